The van der Waals surface area contributed by atoms with Crippen molar-refractivity contribution in [1.29, 1.82) is 0 Å². The predicted molar refractivity (Wildman–Crippen MR) is 81.4 cm³/mol. The van der Waals surface area contributed by atoms with Gasteiger partial charge in [0.2, 0.25) is 0 Å². The molecule has 0 aliphatic carbocycles. The molecule has 0 aromatic heterocycles. The van der Waals surface area contributed by atoms with E-state index in [-0.39, 0.29) is 5.41 Å². The van der Waals surface area contributed by atoms with Crippen LogP contribution < -0.4 is 5.32 Å². The van der Waals surface area contributed by atoms with Crippen LogP contribution in [0.2, 0.25) is 0 Å². The first-order valence-electron chi connectivity index (χ1n) is 8.24. The number of nitrogens with one attached hydrogen (secondary N) is 1. The molecule has 0 saturated carbocycles. The van der Waals surface area contributed by atoms with E-state index in [4.69, 9.17) is 0 Å². The number of nitrogens with zero attached hydrogens (tertiary/aromatic N) is 1. The van der Waals surface area contributed by atoms with Gasteiger partial charge < -0.3 is 5.32 Å². The maximum absolute atomic E-state index is 12.3. The van der Waals surface area contributed by atoms with Crippen LogP contribution in [0.25, 0.3) is 0 Å². The van der Waals surface area contributed by atoms with E-state index < -0.39 is 12.7 Å². The number of hydrogen-bond donors (Lipinski definition) is 1. The van der Waals surface area contributed by atoms with Crippen LogP contribution in [0.1, 0.15) is 59.3 Å². The highest BCUT2D eigenvalue weighted by Crippen LogP contribution is 2.24. The zero-order valence-electron chi connectivity index (χ0n) is 13.7. The van der Waals surface area contributed by atoms with Gasteiger partial charge >= 0.3 is 6.18 Å². The second-order valence-electron chi connectivity index (χ2n) is 7.17. The molecule has 1 fully saturated rings. The summed E-state index contributed by atoms with van der Waals surface area (Å²) in [7, 11) is 0. The van der Waals surface area contributed by atoms with Crippen LogP contribution in [0.5, 0.6) is 0 Å². The van der Waals surface area contributed by atoms with Gasteiger partial charge in [0.05, 0.1) is 6.54 Å². The van der Waals surface area contributed by atoms with Crippen LogP contribution in [0, 0.1) is 5.41 Å². The van der Waals surface area contributed by atoms with Crippen LogP contribution >= 0.6 is 0 Å². The highest BCUT2D eigenvalue weighted by atomic mass is 19.4. The van der Waals surface area contributed by atoms with Gasteiger partial charge in [0.1, 0.15) is 0 Å². The lowest BCUT2D eigenvalue weighted by molar-refractivity contribution is -0.148. The first-order chi connectivity index (χ1) is 9.72. The molecular weight excluding hydrogens is 277 g/mol. The molecule has 5 heteroatoms. The van der Waals surface area contributed by atoms with Crippen molar-refractivity contribution in [3.8, 4) is 0 Å². The maximum atomic E-state index is 12.3. The third-order valence-electron chi connectivity index (χ3n) is 4.32. The van der Waals surface area contributed by atoms with Gasteiger partial charge in [-0.25, -0.2) is 0 Å². The fourth-order valence-electron chi connectivity index (χ4n) is 2.91. The van der Waals surface area contributed by atoms with Gasteiger partial charge in [-0.2, -0.15) is 13.2 Å². The SMILES string of the molecule is CCCCCC(C)(C)CNC1CCN(CC(F)(F)F)CC1. The Morgan fingerprint density at radius 1 is 1.10 bits per heavy atom. The van der Waals surface area contributed by atoms with Crippen molar-refractivity contribution in [1.82, 2.24) is 10.2 Å². The monoisotopic (exact) mass is 308 g/mol. The molecule has 126 valence electrons. The van der Waals surface area contributed by atoms with Crippen molar-refractivity contribution in [3.63, 3.8) is 0 Å². The Kier molecular flexibility index (Phi) is 7.48. The van der Waals surface area contributed by atoms with Gasteiger partial charge in [-0.05, 0) is 37.8 Å². The minimum atomic E-state index is -4.07. The van der Waals surface area contributed by atoms with E-state index in [2.05, 4.69) is 26.1 Å². The van der Waals surface area contributed by atoms with Gasteiger partial charge in [0.25, 0.3) is 0 Å². The Hall–Kier alpha value is -0.290. The van der Waals surface area contributed by atoms with E-state index in [9.17, 15) is 13.2 Å². The van der Waals surface area contributed by atoms with Crippen LogP contribution in [0.15, 0.2) is 0 Å². The van der Waals surface area contributed by atoms with E-state index in [1.54, 1.807) is 0 Å². The van der Waals surface area contributed by atoms with Crippen LogP contribution in [0.3, 0.4) is 0 Å². The van der Waals surface area contributed by atoms with Crippen molar-refractivity contribution >= 4 is 0 Å². The maximum Gasteiger partial charge on any atom is 0.401 e. The summed E-state index contributed by atoms with van der Waals surface area (Å²) in [4.78, 5) is 1.52. The third-order valence-corrected chi connectivity index (χ3v) is 4.32. The number of unbranched alkanes of at least 4 members (excludes halogenated alkanes) is 2. The molecular formula is C16H31F3N2. The molecule has 1 saturated heterocycles. The van der Waals surface area contributed by atoms with Crippen LogP contribution in [0.4, 0.5) is 13.2 Å². The summed E-state index contributed by atoms with van der Waals surface area (Å²) in [6, 6.07) is 0.375. The van der Waals surface area contributed by atoms with Crippen molar-refractivity contribution in [3.05, 3.63) is 0 Å². The molecule has 1 N–H and O–H groups in total. The lowest BCUT2D eigenvalue weighted by Gasteiger charge is -2.35. The van der Waals surface area contributed by atoms with Crippen molar-refractivity contribution in [2.24, 2.45) is 5.41 Å². The Bertz CT molecular complexity index is 282. The lowest BCUT2D eigenvalue weighted by atomic mass is 9.86. The van der Waals surface area contributed by atoms with E-state index >= 15 is 0 Å². The van der Waals surface area contributed by atoms with Crippen LogP contribution in [-0.2, 0) is 0 Å². The summed E-state index contributed by atoms with van der Waals surface area (Å²) in [5.74, 6) is 0. The zero-order chi connectivity index (χ0) is 15.9. The molecule has 0 radical (unpaired) electrons. The Morgan fingerprint density at radius 3 is 2.24 bits per heavy atom. The topological polar surface area (TPSA) is 15.3 Å². The zero-order valence-corrected chi connectivity index (χ0v) is 13.7. The van der Waals surface area contributed by atoms with Gasteiger partial charge in [-0.3, -0.25) is 4.90 Å². The van der Waals surface area contributed by atoms with Crippen molar-refractivity contribution in [2.45, 2.75) is 71.5 Å². The van der Waals surface area contributed by atoms with Crippen LogP contribution in [-0.4, -0.2) is 43.3 Å². The van der Waals surface area contributed by atoms with Gasteiger partial charge in [-0.1, -0.05) is 40.0 Å². The average Bonchev–Trinajstić information content (AvgIpc) is 2.36. The van der Waals surface area contributed by atoms with Crippen molar-refractivity contribution < 1.29 is 13.2 Å². The second kappa shape index (κ2) is 8.37. The minimum Gasteiger partial charge on any atom is -0.313 e. The highest BCUT2D eigenvalue weighted by molar-refractivity contribution is 4.81. The number of rotatable bonds is 8. The summed E-state index contributed by atoms with van der Waals surface area (Å²) in [6.07, 6.45) is 2.56. The Balaban J connectivity index is 2.20. The van der Waals surface area contributed by atoms with Gasteiger partial charge in [-0.15, -0.1) is 0 Å². The summed E-state index contributed by atoms with van der Waals surface area (Å²) < 4.78 is 37.0. The fourth-order valence-corrected chi connectivity index (χ4v) is 2.91. The minimum absolute atomic E-state index is 0.276. The molecule has 0 spiro atoms. The number of piperidine rings is 1. The molecule has 1 heterocycles. The quantitative estimate of drug-likeness (QED) is 0.676. The van der Waals surface area contributed by atoms with Crippen molar-refractivity contribution in [2.75, 3.05) is 26.2 Å². The fraction of sp³-hybridized carbons (Fsp3) is 1.00. The first-order valence-corrected chi connectivity index (χ1v) is 8.24. The van der Waals surface area contributed by atoms with E-state index in [1.165, 1.54) is 30.6 Å². The summed E-state index contributed by atoms with van der Waals surface area (Å²) in [5, 5.41) is 3.56. The summed E-state index contributed by atoms with van der Waals surface area (Å²) >= 11 is 0. The molecule has 0 atom stereocenters. The molecule has 0 aromatic carbocycles. The number of alkyl halides is 3. The Morgan fingerprint density at radius 2 is 1.71 bits per heavy atom. The third kappa shape index (κ3) is 8.67. The molecule has 1 aliphatic rings. The largest absolute Gasteiger partial charge is 0.401 e. The average molecular weight is 308 g/mol. The number of halogens is 3. The molecule has 2 nitrogen and oxygen atoms in total. The molecule has 0 amide bonds. The van der Waals surface area contributed by atoms with Gasteiger partial charge in [0.15, 0.2) is 0 Å². The molecule has 0 unspecified atom stereocenters. The van der Waals surface area contributed by atoms with E-state index in [1.807, 2.05) is 0 Å². The molecule has 1 aliphatic heterocycles. The first kappa shape index (κ1) is 18.8. The lowest BCUT2D eigenvalue weighted by Crippen LogP contribution is -2.47. The molecule has 21 heavy (non-hydrogen) atoms. The Labute approximate surface area is 127 Å². The number of likely N-dealkylation sites (tertiary alicyclic amines) is 1. The standard InChI is InChI=1S/C16H31F3N2/c1-4-5-6-9-15(2,3)12-20-14-7-10-21(11-8-14)13-16(17,18)19/h14,20H,4-13H2,1-3H3. The molecule has 0 bridgehead atoms. The number of hydrogen-bond acceptors (Lipinski definition) is 2. The molecule has 0 aromatic rings. The van der Waals surface area contributed by atoms with E-state index in [0.29, 0.717) is 19.1 Å². The van der Waals surface area contributed by atoms with Gasteiger partial charge in [0, 0.05) is 12.6 Å². The smallest absolute Gasteiger partial charge is 0.313 e. The highest BCUT2D eigenvalue weighted by Gasteiger charge is 2.32. The predicted octanol–water partition coefficient (Wildman–Crippen LogP) is 4.21. The van der Waals surface area contributed by atoms with E-state index in [0.717, 1.165) is 19.4 Å². The summed E-state index contributed by atoms with van der Waals surface area (Å²) in [5.41, 5.74) is 0.276. The second-order valence-corrected chi connectivity index (χ2v) is 7.17. The summed E-state index contributed by atoms with van der Waals surface area (Å²) in [6.45, 7) is 8.05. The molecule has 1 rings (SSSR count). The normalized spacial score (nSPS) is 19.1.